The van der Waals surface area contributed by atoms with Crippen LogP contribution in [0.2, 0.25) is 0 Å². The van der Waals surface area contributed by atoms with Crippen LogP contribution in [-0.2, 0) is 0 Å². The van der Waals surface area contributed by atoms with E-state index in [1.807, 2.05) is 0 Å². The number of hydrogen-bond acceptors (Lipinski definition) is 0. The molecule has 0 saturated carbocycles. The van der Waals surface area contributed by atoms with Crippen LogP contribution in [0.15, 0.2) is 36.4 Å². The first-order valence-corrected chi connectivity index (χ1v) is 9.47. The van der Waals surface area contributed by atoms with E-state index in [0.717, 1.165) is 0 Å². The molecule has 0 atom stereocenters. The molecule has 2 aromatic carbocycles. The second-order valence-corrected chi connectivity index (χ2v) is 8.35. The Hall–Kier alpha value is -1.13. The van der Waals surface area contributed by atoms with Crippen molar-refractivity contribution in [1.29, 1.82) is 0 Å². The highest BCUT2D eigenvalue weighted by Crippen LogP contribution is 2.37. The van der Waals surface area contributed by atoms with E-state index >= 15 is 0 Å². The molecule has 2 rings (SSSR count). The topological polar surface area (TPSA) is 0 Å². The third kappa shape index (κ3) is 3.95. The first-order chi connectivity index (χ1) is 10.0. The average molecular weight is 298 g/mol. The van der Waals surface area contributed by atoms with Crippen molar-refractivity contribution in [2.75, 3.05) is 6.16 Å². The van der Waals surface area contributed by atoms with Crippen LogP contribution < -0.4 is 10.6 Å². The summed E-state index contributed by atoms with van der Waals surface area (Å²) >= 11 is 0. The summed E-state index contributed by atoms with van der Waals surface area (Å²) in [4.78, 5) is 0. The fraction of sp³-hybridized carbons (Fsp3) is 0.400. The Labute approximate surface area is 131 Å². The predicted octanol–water partition coefficient (Wildman–Crippen LogP) is 5.15. The molecular weight excluding hydrogens is 271 g/mol. The van der Waals surface area contributed by atoms with E-state index in [1.165, 1.54) is 41.3 Å². The summed E-state index contributed by atoms with van der Waals surface area (Å²) in [5, 5.41) is 3.13. The first kappa shape index (κ1) is 16.2. The van der Waals surface area contributed by atoms with E-state index in [0.29, 0.717) is 0 Å². The van der Waals surface area contributed by atoms with Gasteiger partial charge in [0, 0.05) is 0 Å². The lowest BCUT2D eigenvalue weighted by atomic mass is 10.2. The van der Waals surface area contributed by atoms with Crippen molar-refractivity contribution >= 4 is 18.5 Å². The summed E-state index contributed by atoms with van der Waals surface area (Å²) in [5.41, 5.74) is 5.64. The molecule has 0 radical (unpaired) electrons. The minimum Gasteiger partial charge on any atom is -0.0654 e. The van der Waals surface area contributed by atoms with Gasteiger partial charge in [-0.05, 0) is 69.9 Å². The van der Waals surface area contributed by atoms with Gasteiger partial charge in [0.2, 0.25) is 0 Å². The second-order valence-electron chi connectivity index (χ2n) is 6.09. The molecular formula is C20H27P. The third-order valence-corrected chi connectivity index (χ3v) is 6.95. The molecule has 0 aliphatic rings. The zero-order valence-corrected chi connectivity index (χ0v) is 14.9. The van der Waals surface area contributed by atoms with Crippen LogP contribution in [0.25, 0.3) is 0 Å². The maximum atomic E-state index is 2.37. The average Bonchev–Trinajstić information content (AvgIpc) is 2.42. The van der Waals surface area contributed by atoms with Gasteiger partial charge < -0.3 is 0 Å². The molecule has 0 aromatic heterocycles. The lowest BCUT2D eigenvalue weighted by molar-refractivity contribution is 0.893. The quantitative estimate of drug-likeness (QED) is 0.669. The standard InChI is InChI=1S/C20H27P/c1-6-7-12-21(19-10-8-15(2)13-17(19)4)20-11-9-16(3)14-18(20)5/h8-11,13-14H,6-7,12H2,1-5H3. The van der Waals surface area contributed by atoms with Gasteiger partial charge >= 0.3 is 0 Å². The zero-order chi connectivity index (χ0) is 15.4. The van der Waals surface area contributed by atoms with Crippen molar-refractivity contribution in [3.63, 3.8) is 0 Å². The first-order valence-electron chi connectivity index (χ1n) is 7.95. The highest BCUT2D eigenvalue weighted by atomic mass is 31.1. The van der Waals surface area contributed by atoms with E-state index in [1.54, 1.807) is 10.6 Å². The van der Waals surface area contributed by atoms with Crippen molar-refractivity contribution in [2.24, 2.45) is 0 Å². The largest absolute Gasteiger partial charge is 0.0654 e. The molecule has 0 saturated heterocycles. The molecule has 0 fully saturated rings. The lowest BCUT2D eigenvalue weighted by Crippen LogP contribution is -2.19. The van der Waals surface area contributed by atoms with E-state index in [4.69, 9.17) is 0 Å². The van der Waals surface area contributed by atoms with Crippen molar-refractivity contribution in [3.8, 4) is 0 Å². The second kappa shape index (κ2) is 7.23. The minimum atomic E-state index is -0.223. The monoisotopic (exact) mass is 298 g/mol. The van der Waals surface area contributed by atoms with Gasteiger partial charge in [0.15, 0.2) is 0 Å². The van der Waals surface area contributed by atoms with Crippen LogP contribution >= 0.6 is 7.92 Å². The Morgan fingerprint density at radius 2 is 1.24 bits per heavy atom. The lowest BCUT2D eigenvalue weighted by Gasteiger charge is -2.23. The van der Waals surface area contributed by atoms with Crippen LogP contribution in [0.5, 0.6) is 0 Å². The Morgan fingerprint density at radius 1 is 0.762 bits per heavy atom. The van der Waals surface area contributed by atoms with E-state index in [-0.39, 0.29) is 7.92 Å². The van der Waals surface area contributed by atoms with Gasteiger partial charge in [-0.1, -0.05) is 60.9 Å². The van der Waals surface area contributed by atoms with Crippen molar-refractivity contribution in [3.05, 3.63) is 58.7 Å². The van der Waals surface area contributed by atoms with Gasteiger partial charge in [0.1, 0.15) is 0 Å². The zero-order valence-electron chi connectivity index (χ0n) is 14.0. The molecule has 21 heavy (non-hydrogen) atoms. The molecule has 112 valence electrons. The molecule has 0 bridgehead atoms. The summed E-state index contributed by atoms with van der Waals surface area (Å²) in [7, 11) is -0.223. The van der Waals surface area contributed by atoms with Crippen molar-refractivity contribution in [1.82, 2.24) is 0 Å². The SMILES string of the molecule is CCCCP(c1ccc(C)cc1C)c1ccc(C)cc1C. The van der Waals surface area contributed by atoms with Crippen LogP contribution in [0.4, 0.5) is 0 Å². The van der Waals surface area contributed by atoms with Crippen LogP contribution in [0, 0.1) is 27.7 Å². The summed E-state index contributed by atoms with van der Waals surface area (Å²) < 4.78 is 0. The number of aryl methyl sites for hydroxylation is 4. The van der Waals surface area contributed by atoms with Gasteiger partial charge in [0.05, 0.1) is 0 Å². The Balaban J connectivity index is 2.46. The van der Waals surface area contributed by atoms with E-state index in [2.05, 4.69) is 71.0 Å². The molecule has 2 aromatic rings. The Bertz CT molecular complexity index is 562. The molecule has 0 unspecified atom stereocenters. The molecule has 0 amide bonds. The van der Waals surface area contributed by atoms with Gasteiger partial charge in [-0.25, -0.2) is 0 Å². The molecule has 0 nitrogen and oxygen atoms in total. The summed E-state index contributed by atoms with van der Waals surface area (Å²) in [6.45, 7) is 11.2. The Kier molecular flexibility index (Phi) is 5.59. The minimum absolute atomic E-state index is 0.223. The van der Waals surface area contributed by atoms with E-state index in [9.17, 15) is 0 Å². The van der Waals surface area contributed by atoms with Gasteiger partial charge in [-0.3, -0.25) is 0 Å². The number of rotatable bonds is 5. The molecule has 0 spiro atoms. The van der Waals surface area contributed by atoms with Crippen molar-refractivity contribution < 1.29 is 0 Å². The molecule has 0 N–H and O–H groups in total. The van der Waals surface area contributed by atoms with Crippen LogP contribution in [0.1, 0.15) is 42.0 Å². The van der Waals surface area contributed by atoms with E-state index < -0.39 is 0 Å². The highest BCUT2D eigenvalue weighted by molar-refractivity contribution is 7.73. The normalized spacial score (nSPS) is 11.1. The molecule has 0 heterocycles. The summed E-state index contributed by atoms with van der Waals surface area (Å²) in [6.07, 6.45) is 3.89. The Morgan fingerprint density at radius 3 is 1.62 bits per heavy atom. The maximum Gasteiger partial charge on any atom is -0.0166 e. The van der Waals surface area contributed by atoms with Crippen LogP contribution in [-0.4, -0.2) is 6.16 Å². The summed E-state index contributed by atoms with van der Waals surface area (Å²) in [6, 6.07) is 13.9. The highest BCUT2D eigenvalue weighted by Gasteiger charge is 2.17. The molecule has 0 aliphatic carbocycles. The van der Waals surface area contributed by atoms with Gasteiger partial charge in [0.25, 0.3) is 0 Å². The van der Waals surface area contributed by atoms with Gasteiger partial charge in [-0.15, -0.1) is 0 Å². The number of benzene rings is 2. The third-order valence-electron chi connectivity index (χ3n) is 4.02. The molecule has 0 aliphatic heterocycles. The molecule has 1 heteroatoms. The number of unbranched alkanes of at least 4 members (excludes halogenated alkanes) is 1. The van der Waals surface area contributed by atoms with Gasteiger partial charge in [-0.2, -0.15) is 0 Å². The fourth-order valence-corrected chi connectivity index (χ4v) is 5.77. The number of hydrogen-bond donors (Lipinski definition) is 0. The predicted molar refractivity (Wildman–Crippen MR) is 97.8 cm³/mol. The smallest absolute Gasteiger partial charge is 0.0166 e. The summed E-state index contributed by atoms with van der Waals surface area (Å²) in [5.74, 6) is 0. The maximum absolute atomic E-state index is 2.37. The van der Waals surface area contributed by atoms with Crippen LogP contribution in [0.3, 0.4) is 0 Å². The van der Waals surface area contributed by atoms with Crippen molar-refractivity contribution in [2.45, 2.75) is 47.5 Å². The fourth-order valence-electron chi connectivity index (χ4n) is 2.90.